The van der Waals surface area contributed by atoms with Gasteiger partial charge in [0, 0.05) is 23.6 Å². The second-order valence-electron chi connectivity index (χ2n) is 4.40. The van der Waals surface area contributed by atoms with Crippen molar-refractivity contribution in [2.75, 3.05) is 5.32 Å². The van der Waals surface area contributed by atoms with Gasteiger partial charge in [-0.05, 0) is 30.2 Å². The average molecular weight is 340 g/mol. The Balaban J connectivity index is 2.17. The van der Waals surface area contributed by atoms with Crippen molar-refractivity contribution in [3.8, 4) is 0 Å². The maximum atomic E-state index is 6.14. The first-order valence-corrected chi connectivity index (χ1v) is 7.31. The molecule has 1 aromatic carbocycles. The van der Waals surface area contributed by atoms with E-state index in [0.717, 1.165) is 11.3 Å². The van der Waals surface area contributed by atoms with Crippen LogP contribution in [0.4, 0.5) is 5.69 Å². The third kappa shape index (κ3) is 3.79. The largest absolute Gasteiger partial charge is 0.361 e. The van der Waals surface area contributed by atoms with Crippen molar-refractivity contribution in [2.24, 2.45) is 0 Å². The number of aromatic nitrogens is 1. The molecule has 0 unspecified atom stereocenters. The van der Waals surface area contributed by atoms with Crippen molar-refractivity contribution in [3.63, 3.8) is 0 Å². The lowest BCUT2D eigenvalue weighted by Crippen LogP contribution is -1.92. The van der Waals surface area contributed by atoms with Crippen LogP contribution >= 0.6 is 34.8 Å². The van der Waals surface area contributed by atoms with E-state index in [1.807, 2.05) is 31.2 Å². The van der Waals surface area contributed by atoms with Crippen LogP contribution in [0.15, 0.2) is 49.3 Å². The third-order valence-electron chi connectivity index (χ3n) is 2.92. The molecule has 0 bridgehead atoms. The summed E-state index contributed by atoms with van der Waals surface area (Å²) in [6, 6.07) is 7.97. The topological polar surface area (TPSA) is 24.9 Å². The molecule has 0 radical (unpaired) electrons. The molecule has 1 aromatic heterocycles. The lowest BCUT2D eigenvalue weighted by Gasteiger charge is -2.08. The summed E-state index contributed by atoms with van der Waals surface area (Å²) < 4.78 is 0. The maximum absolute atomic E-state index is 6.14. The van der Waals surface area contributed by atoms with Crippen molar-refractivity contribution < 1.29 is 0 Å². The third-order valence-corrected chi connectivity index (χ3v) is 3.98. The van der Waals surface area contributed by atoms with Crippen molar-refractivity contribution in [3.05, 3.63) is 75.6 Å². The molecule has 0 saturated carbocycles. The number of hydrogen-bond donors (Lipinski definition) is 1. The van der Waals surface area contributed by atoms with E-state index in [9.17, 15) is 0 Å². The van der Waals surface area contributed by atoms with Crippen molar-refractivity contribution in [1.82, 2.24) is 4.98 Å². The van der Waals surface area contributed by atoms with E-state index >= 15 is 0 Å². The Morgan fingerprint density at radius 1 is 1.24 bits per heavy atom. The summed E-state index contributed by atoms with van der Waals surface area (Å²) in [6.07, 6.45) is 4.97. The van der Waals surface area contributed by atoms with Crippen LogP contribution in [0.3, 0.4) is 0 Å². The number of aryl methyl sites for hydroxylation is 1. The van der Waals surface area contributed by atoms with E-state index in [1.165, 1.54) is 6.20 Å². The van der Waals surface area contributed by atoms with E-state index in [0.29, 0.717) is 21.2 Å². The molecule has 0 fully saturated rings. The normalized spacial score (nSPS) is 10.9. The minimum Gasteiger partial charge on any atom is -0.361 e. The van der Waals surface area contributed by atoms with E-state index in [2.05, 4.69) is 16.9 Å². The first-order valence-electron chi connectivity index (χ1n) is 6.18. The van der Waals surface area contributed by atoms with Gasteiger partial charge in [0.1, 0.15) is 5.15 Å². The zero-order chi connectivity index (χ0) is 15.4. The number of nitrogens with one attached hydrogen (secondary N) is 1. The van der Waals surface area contributed by atoms with Crippen LogP contribution in [0.1, 0.15) is 11.1 Å². The number of benzene rings is 1. The lowest BCUT2D eigenvalue weighted by atomic mass is 10.1. The highest BCUT2D eigenvalue weighted by Gasteiger charge is 2.12. The Morgan fingerprint density at radius 2 is 1.95 bits per heavy atom. The first-order chi connectivity index (χ1) is 10.0. The van der Waals surface area contributed by atoms with Crippen LogP contribution in [0.25, 0.3) is 5.57 Å². The molecule has 1 N–H and O–H groups in total. The van der Waals surface area contributed by atoms with Crippen LogP contribution in [0.2, 0.25) is 15.2 Å². The van der Waals surface area contributed by atoms with Gasteiger partial charge in [-0.3, -0.25) is 0 Å². The summed E-state index contributed by atoms with van der Waals surface area (Å²) in [6.45, 7) is 5.97. The number of anilines is 1. The smallest absolute Gasteiger partial charge is 0.138 e. The second kappa shape index (κ2) is 6.99. The molecule has 0 aliphatic rings. The van der Waals surface area contributed by atoms with Gasteiger partial charge in [0.05, 0.1) is 10.0 Å². The SMILES string of the molecule is C=C(/C=C/Nc1ccccc1C)c1c(Cl)ncc(Cl)c1Cl. The van der Waals surface area contributed by atoms with Crippen LogP contribution in [0.5, 0.6) is 0 Å². The highest BCUT2D eigenvalue weighted by molar-refractivity contribution is 6.44. The molecule has 108 valence electrons. The van der Waals surface area contributed by atoms with E-state index in [-0.39, 0.29) is 5.15 Å². The highest BCUT2D eigenvalue weighted by Crippen LogP contribution is 2.34. The quantitative estimate of drug-likeness (QED) is 0.546. The fraction of sp³-hybridized carbons (Fsp3) is 0.0625. The minimum absolute atomic E-state index is 0.273. The van der Waals surface area contributed by atoms with Crippen LogP contribution < -0.4 is 5.32 Å². The standard InChI is InChI=1S/C16H13Cl3N2/c1-10-5-3-4-6-13(10)20-8-7-11(2)14-15(18)12(17)9-21-16(14)19/h3-9,20H,2H2,1H3/b8-7+. The van der Waals surface area contributed by atoms with Gasteiger partial charge in [-0.15, -0.1) is 0 Å². The maximum Gasteiger partial charge on any atom is 0.138 e. The molecule has 2 rings (SSSR count). The monoisotopic (exact) mass is 338 g/mol. The van der Waals surface area contributed by atoms with Gasteiger partial charge in [-0.2, -0.15) is 0 Å². The number of rotatable bonds is 4. The molecule has 5 heteroatoms. The Hall–Kier alpha value is -1.48. The highest BCUT2D eigenvalue weighted by atomic mass is 35.5. The van der Waals surface area contributed by atoms with Gasteiger partial charge in [-0.25, -0.2) is 4.98 Å². The number of halogens is 3. The molecule has 0 atom stereocenters. The minimum atomic E-state index is 0.273. The van der Waals surface area contributed by atoms with Gasteiger partial charge in [0.25, 0.3) is 0 Å². The molecule has 0 spiro atoms. The summed E-state index contributed by atoms with van der Waals surface area (Å²) in [5.41, 5.74) is 3.32. The number of pyridine rings is 1. The van der Waals surface area contributed by atoms with E-state index in [4.69, 9.17) is 34.8 Å². The Morgan fingerprint density at radius 3 is 2.67 bits per heavy atom. The fourth-order valence-corrected chi connectivity index (χ4v) is 2.48. The molecule has 21 heavy (non-hydrogen) atoms. The molecule has 1 heterocycles. The number of para-hydroxylation sites is 1. The average Bonchev–Trinajstić information content (AvgIpc) is 2.45. The Kier molecular flexibility index (Phi) is 5.29. The summed E-state index contributed by atoms with van der Waals surface area (Å²) in [4.78, 5) is 3.97. The van der Waals surface area contributed by atoms with Gasteiger partial charge in [0.15, 0.2) is 0 Å². The molecule has 0 saturated heterocycles. The van der Waals surface area contributed by atoms with E-state index in [1.54, 1.807) is 12.3 Å². The van der Waals surface area contributed by atoms with Crippen LogP contribution in [-0.2, 0) is 0 Å². The summed E-state index contributed by atoms with van der Waals surface area (Å²) in [5.74, 6) is 0. The fourth-order valence-electron chi connectivity index (χ4n) is 1.77. The van der Waals surface area contributed by atoms with Crippen LogP contribution in [0, 0.1) is 6.92 Å². The van der Waals surface area contributed by atoms with Crippen LogP contribution in [-0.4, -0.2) is 4.98 Å². The van der Waals surface area contributed by atoms with Crippen molar-refractivity contribution in [1.29, 1.82) is 0 Å². The van der Waals surface area contributed by atoms with Gasteiger partial charge >= 0.3 is 0 Å². The zero-order valence-corrected chi connectivity index (χ0v) is 13.6. The summed E-state index contributed by atoms with van der Waals surface area (Å²) in [5, 5.41) is 4.15. The number of nitrogens with zero attached hydrogens (tertiary/aromatic N) is 1. The predicted molar refractivity (Wildman–Crippen MR) is 92.2 cm³/mol. The van der Waals surface area contributed by atoms with Crippen molar-refractivity contribution in [2.45, 2.75) is 6.92 Å². The second-order valence-corrected chi connectivity index (χ2v) is 5.55. The lowest BCUT2D eigenvalue weighted by molar-refractivity contribution is 1.31. The van der Waals surface area contributed by atoms with Gasteiger partial charge in [-0.1, -0.05) is 59.6 Å². The molecule has 2 nitrogen and oxygen atoms in total. The predicted octanol–water partition coefficient (Wildman–Crippen LogP) is 5.99. The van der Waals surface area contributed by atoms with Gasteiger partial charge in [0.2, 0.25) is 0 Å². The first kappa shape index (κ1) is 15.9. The number of allylic oxidation sites excluding steroid dienone is 2. The number of hydrogen-bond acceptors (Lipinski definition) is 2. The van der Waals surface area contributed by atoms with Gasteiger partial charge < -0.3 is 5.32 Å². The van der Waals surface area contributed by atoms with Crippen molar-refractivity contribution >= 4 is 46.1 Å². The molecule has 0 amide bonds. The summed E-state index contributed by atoms with van der Waals surface area (Å²) >= 11 is 18.1. The molecule has 0 aliphatic carbocycles. The zero-order valence-electron chi connectivity index (χ0n) is 11.3. The Labute approximate surface area is 139 Å². The molecular weight excluding hydrogens is 327 g/mol. The summed E-state index contributed by atoms with van der Waals surface area (Å²) in [7, 11) is 0. The molecule has 0 aliphatic heterocycles. The molecule has 2 aromatic rings. The Bertz CT molecular complexity index is 709. The van der Waals surface area contributed by atoms with E-state index < -0.39 is 0 Å². The molecular formula is C16H13Cl3N2.